The minimum absolute atomic E-state index is 0.122. The number of aliphatic hydroxyl groups excluding tert-OH is 2. The van der Waals surface area contributed by atoms with Crippen LogP contribution in [0.4, 0.5) is 11.4 Å². The second-order valence-corrected chi connectivity index (χ2v) is 20.2. The number of fused-ring (bicyclic) bond motifs is 2. The first kappa shape index (κ1) is 48.9. The van der Waals surface area contributed by atoms with Crippen molar-refractivity contribution in [3.05, 3.63) is 124 Å². The van der Waals surface area contributed by atoms with E-state index in [1.807, 2.05) is 64.1 Å². The molecule has 9 rings (SSSR count). The predicted molar refractivity (Wildman–Crippen MR) is 270 cm³/mol. The average molecular weight is 924 g/mol. The van der Waals surface area contributed by atoms with Gasteiger partial charge in [-0.2, -0.15) is 0 Å². The van der Waals surface area contributed by atoms with Crippen LogP contribution in [-0.2, 0) is 15.5 Å². The fraction of sp³-hybridized carbons (Fsp3) is 0.345. The number of carbonyl (C=O) groups is 4. The third-order valence-corrected chi connectivity index (χ3v) is 13.6. The Morgan fingerprint density at radius 1 is 0.612 bits per heavy atom. The van der Waals surface area contributed by atoms with E-state index in [0.29, 0.717) is 80.8 Å². The molecule has 2 aliphatic rings. The molecule has 0 spiro atoms. The number of nitrogens with one attached hydrogen (secondary N) is 1. The molecule has 2 aliphatic heterocycles. The first-order valence-electron chi connectivity index (χ1n) is 23.0. The van der Waals surface area contributed by atoms with Crippen LogP contribution in [0.25, 0.3) is 43.1 Å². The zero-order valence-electron chi connectivity index (χ0n) is 39.9. The quantitative estimate of drug-likeness (QED) is 0.0583. The van der Waals surface area contributed by atoms with Gasteiger partial charge in [-0.15, -0.1) is 0 Å². The van der Waals surface area contributed by atoms with Gasteiger partial charge in [0.15, 0.2) is 0 Å². The number of anilines is 2. The lowest BCUT2D eigenvalue weighted by Crippen LogP contribution is -2.46. The SMILES string of the molecule is CC(C)CC(C)O.COCCO.Cc1cc(C)cc(NCCS(=O)c2ccc(N3C(=O)c4ccc5c6ccc7c8c(ccc(c9ccc(c4c59)C3=O)c86)C(=O)N(C(C)CC(C)C)C7=O)cc2)c1. The number of rotatable bonds is 13. The highest BCUT2D eigenvalue weighted by Crippen LogP contribution is 2.47. The normalized spacial score (nSPS) is 14.8. The molecule has 0 radical (unpaired) electrons. The van der Waals surface area contributed by atoms with E-state index in [1.165, 1.54) is 9.80 Å². The molecule has 350 valence electrons. The van der Waals surface area contributed by atoms with E-state index in [2.05, 4.69) is 55.9 Å². The van der Waals surface area contributed by atoms with E-state index in [1.54, 1.807) is 43.5 Å². The molecule has 3 N–H and O–H groups in total. The molecule has 0 saturated heterocycles. The molecule has 11 nitrogen and oxygen atoms in total. The van der Waals surface area contributed by atoms with E-state index >= 15 is 0 Å². The lowest BCUT2D eigenvalue weighted by Gasteiger charge is -2.33. The molecule has 7 aromatic rings. The highest BCUT2D eigenvalue weighted by molar-refractivity contribution is 7.85. The summed E-state index contributed by atoms with van der Waals surface area (Å²) in [6.07, 6.45) is 1.50. The van der Waals surface area contributed by atoms with Gasteiger partial charge in [-0.25, -0.2) is 4.90 Å². The zero-order chi connectivity index (χ0) is 48.4. The van der Waals surface area contributed by atoms with Gasteiger partial charge in [0, 0.05) is 69.1 Å². The van der Waals surface area contributed by atoms with Crippen molar-refractivity contribution >= 4 is 88.9 Å². The van der Waals surface area contributed by atoms with E-state index in [0.717, 1.165) is 55.6 Å². The summed E-state index contributed by atoms with van der Waals surface area (Å²) in [5, 5.41) is 26.3. The number of ether oxygens (including phenoxy) is 1. The maximum atomic E-state index is 14.2. The van der Waals surface area contributed by atoms with Gasteiger partial charge < -0.3 is 20.3 Å². The number of aryl methyl sites for hydroxylation is 2. The first-order valence-corrected chi connectivity index (χ1v) is 24.3. The molecule has 3 atom stereocenters. The van der Waals surface area contributed by atoms with Crippen molar-refractivity contribution in [1.29, 1.82) is 0 Å². The van der Waals surface area contributed by atoms with Gasteiger partial charge >= 0.3 is 0 Å². The van der Waals surface area contributed by atoms with Crippen molar-refractivity contribution in [3.8, 4) is 0 Å². The Labute approximate surface area is 394 Å². The number of amides is 4. The van der Waals surface area contributed by atoms with Crippen LogP contribution in [0.5, 0.6) is 0 Å². The van der Waals surface area contributed by atoms with E-state index in [4.69, 9.17) is 10.2 Å². The number of hydrogen-bond donors (Lipinski definition) is 3. The summed E-state index contributed by atoms with van der Waals surface area (Å²) in [6.45, 7) is 17.3. The zero-order valence-corrected chi connectivity index (χ0v) is 40.7. The number of benzene rings is 7. The second-order valence-electron chi connectivity index (χ2n) is 18.6. The van der Waals surface area contributed by atoms with E-state index < -0.39 is 22.6 Å². The summed E-state index contributed by atoms with van der Waals surface area (Å²) in [5.41, 5.74) is 5.54. The Balaban J connectivity index is 0.000000494. The van der Waals surface area contributed by atoms with Crippen LogP contribution in [-0.4, -0.2) is 87.7 Å². The number of nitrogens with zero attached hydrogens (tertiary/aromatic N) is 2. The monoisotopic (exact) mass is 923 g/mol. The standard InChI is InChI=1S/C46H39N3O5S.C6H14O.C3H8O2/c1-24(2)20-27(5)48-43(50)35-14-10-31-33-12-16-37-42-38(17-13-34(40(33)42)32-11-15-36(44(48)51)41(35)39(31)32)46(53)49(45(37)52)29-6-8-30(9-7-29)55(54)19-18-47-28-22-25(3)21-26(4)23-28;1-5(2)4-6(3)7;1-5-3-2-4/h6-17,21-24,27,47H,18-20H2,1-5H3;5-7H,4H2,1-3H3;4H,2-3H2,1H3. The lowest BCUT2D eigenvalue weighted by atomic mass is 9.82. The highest BCUT2D eigenvalue weighted by atomic mass is 32.2. The molecule has 4 amide bonds. The van der Waals surface area contributed by atoms with Gasteiger partial charge in [-0.1, -0.05) is 58.0 Å². The Morgan fingerprint density at radius 2 is 1.06 bits per heavy atom. The molecule has 0 saturated carbocycles. The van der Waals surface area contributed by atoms with Gasteiger partial charge in [0.1, 0.15) is 0 Å². The molecule has 7 aromatic carbocycles. The number of carbonyl (C=O) groups excluding carboxylic acids is 4. The van der Waals surface area contributed by atoms with Crippen molar-refractivity contribution in [2.75, 3.05) is 42.8 Å². The minimum Gasteiger partial charge on any atom is -0.394 e. The van der Waals surface area contributed by atoms with Gasteiger partial charge in [0.05, 0.1) is 35.8 Å². The number of hydrogen-bond acceptors (Lipinski definition) is 9. The largest absolute Gasteiger partial charge is 0.394 e. The minimum atomic E-state index is -1.29. The molecule has 67 heavy (non-hydrogen) atoms. The molecule has 0 bridgehead atoms. The summed E-state index contributed by atoms with van der Waals surface area (Å²) < 4.78 is 17.6. The topological polar surface area (TPSA) is 154 Å². The van der Waals surface area contributed by atoms with Crippen molar-refractivity contribution in [2.45, 2.75) is 85.3 Å². The van der Waals surface area contributed by atoms with Crippen molar-refractivity contribution in [1.82, 2.24) is 4.90 Å². The molecule has 0 aliphatic carbocycles. The van der Waals surface area contributed by atoms with Gasteiger partial charge in [-0.05, 0) is 156 Å². The van der Waals surface area contributed by atoms with E-state index in [-0.39, 0.29) is 30.6 Å². The molecule has 12 heteroatoms. The summed E-state index contributed by atoms with van der Waals surface area (Å²) in [6, 6.07) is 27.6. The Bertz CT molecular complexity index is 2880. The Kier molecular flexibility index (Phi) is 14.9. The van der Waals surface area contributed by atoms with Crippen LogP contribution in [0.3, 0.4) is 0 Å². The lowest BCUT2D eigenvalue weighted by molar-refractivity contribution is 0.0534. The Morgan fingerprint density at radius 3 is 1.43 bits per heavy atom. The fourth-order valence-corrected chi connectivity index (χ4v) is 10.7. The number of imide groups is 2. The second kappa shape index (κ2) is 20.4. The van der Waals surface area contributed by atoms with Gasteiger partial charge in [0.25, 0.3) is 23.6 Å². The molecule has 0 aromatic heterocycles. The van der Waals surface area contributed by atoms with Crippen LogP contribution >= 0.6 is 0 Å². The third-order valence-electron chi connectivity index (χ3n) is 12.2. The third kappa shape index (κ3) is 9.72. The van der Waals surface area contributed by atoms with Crippen LogP contribution in [0.15, 0.2) is 95.9 Å². The fourth-order valence-electron chi connectivity index (χ4n) is 9.71. The van der Waals surface area contributed by atoms with Crippen LogP contribution in [0.2, 0.25) is 0 Å². The van der Waals surface area contributed by atoms with Crippen molar-refractivity contribution in [3.63, 3.8) is 0 Å². The van der Waals surface area contributed by atoms with Crippen LogP contribution in [0, 0.1) is 25.7 Å². The van der Waals surface area contributed by atoms with Crippen LogP contribution < -0.4 is 10.2 Å². The predicted octanol–water partition coefficient (Wildman–Crippen LogP) is 10.4. The first-order chi connectivity index (χ1) is 32.0. The summed E-state index contributed by atoms with van der Waals surface area (Å²) in [4.78, 5) is 59.5. The number of methoxy groups -OCH3 is 1. The van der Waals surface area contributed by atoms with Gasteiger partial charge in [0.2, 0.25) is 0 Å². The molecule has 0 fully saturated rings. The Hall–Kier alpha value is -6.05. The van der Waals surface area contributed by atoms with Gasteiger partial charge in [-0.3, -0.25) is 28.3 Å². The number of aliphatic hydroxyl groups is 2. The smallest absolute Gasteiger partial charge is 0.265 e. The van der Waals surface area contributed by atoms with Crippen LogP contribution in [0.1, 0.15) is 107 Å². The summed E-state index contributed by atoms with van der Waals surface area (Å²) >= 11 is 0. The highest BCUT2D eigenvalue weighted by Gasteiger charge is 2.39. The van der Waals surface area contributed by atoms with Crippen molar-refractivity contribution in [2.24, 2.45) is 11.8 Å². The maximum Gasteiger partial charge on any atom is 0.265 e. The molecule has 3 unspecified atom stereocenters. The molecular formula is C55H61N3O8S. The summed E-state index contributed by atoms with van der Waals surface area (Å²) in [5.74, 6) is -0.0964. The van der Waals surface area contributed by atoms with E-state index in [9.17, 15) is 23.4 Å². The maximum absolute atomic E-state index is 14.2. The molecule has 2 heterocycles. The molecular weight excluding hydrogens is 863 g/mol. The average Bonchev–Trinajstić information content (AvgIpc) is 3.27. The summed E-state index contributed by atoms with van der Waals surface area (Å²) in [7, 11) is 0.263. The van der Waals surface area contributed by atoms with Crippen molar-refractivity contribution < 1.29 is 38.3 Å².